The van der Waals surface area contributed by atoms with E-state index in [9.17, 15) is 9.59 Å². The van der Waals surface area contributed by atoms with Crippen LogP contribution < -0.4 is 5.73 Å². The van der Waals surface area contributed by atoms with Gasteiger partial charge in [0, 0.05) is 17.5 Å². The van der Waals surface area contributed by atoms with Crippen molar-refractivity contribution in [1.82, 2.24) is 4.90 Å². The van der Waals surface area contributed by atoms with E-state index in [0.29, 0.717) is 10.6 Å². The van der Waals surface area contributed by atoms with E-state index in [0.717, 1.165) is 20.9 Å². The summed E-state index contributed by atoms with van der Waals surface area (Å²) >= 11 is 7.59. The van der Waals surface area contributed by atoms with Gasteiger partial charge in [0.1, 0.15) is 0 Å². The van der Waals surface area contributed by atoms with Gasteiger partial charge in [0.05, 0.1) is 17.5 Å². The topological polar surface area (TPSA) is 63.4 Å². The molecule has 0 saturated heterocycles. The highest BCUT2D eigenvalue weighted by atomic mass is 35.5. The van der Waals surface area contributed by atoms with E-state index >= 15 is 0 Å². The first-order chi connectivity index (χ1) is 9.99. The van der Waals surface area contributed by atoms with Crippen LogP contribution in [0.4, 0.5) is 0 Å². The highest BCUT2D eigenvalue weighted by Crippen LogP contribution is 2.32. The molecule has 3 rings (SSSR count). The Labute approximate surface area is 131 Å². The zero-order valence-electron chi connectivity index (χ0n) is 11.3. The Balaban J connectivity index is 2.02. The molecule has 0 saturated carbocycles. The number of carbonyl (C=O) groups excluding carboxylic acids is 2. The van der Waals surface area contributed by atoms with E-state index in [2.05, 4.69) is 0 Å². The van der Waals surface area contributed by atoms with Gasteiger partial charge in [-0.15, -0.1) is 11.3 Å². The lowest BCUT2D eigenvalue weighted by molar-refractivity contribution is -0.127. The van der Waals surface area contributed by atoms with Crippen molar-refractivity contribution in [3.05, 3.63) is 56.2 Å². The first-order valence-corrected chi connectivity index (χ1v) is 7.67. The number of nitrogens with zero attached hydrogens (tertiary/aromatic N) is 1. The van der Waals surface area contributed by atoms with Crippen molar-refractivity contribution in [2.24, 2.45) is 5.73 Å². The summed E-state index contributed by atoms with van der Waals surface area (Å²) in [5.74, 6) is -0.474. The summed E-state index contributed by atoms with van der Waals surface area (Å²) in [7, 11) is 1.50. The molecule has 1 aliphatic rings. The zero-order valence-corrected chi connectivity index (χ0v) is 12.9. The van der Waals surface area contributed by atoms with Crippen LogP contribution in [0.2, 0.25) is 5.02 Å². The van der Waals surface area contributed by atoms with E-state index in [4.69, 9.17) is 17.3 Å². The molecule has 0 fully saturated rings. The van der Waals surface area contributed by atoms with Gasteiger partial charge in [-0.2, -0.15) is 0 Å². The molecule has 1 aliphatic heterocycles. The quantitative estimate of drug-likeness (QED) is 0.865. The molecule has 21 heavy (non-hydrogen) atoms. The minimum Gasteiger partial charge on any atom is -0.320 e. The van der Waals surface area contributed by atoms with Gasteiger partial charge in [-0.05, 0) is 28.6 Å². The van der Waals surface area contributed by atoms with Gasteiger partial charge in [0.2, 0.25) is 5.91 Å². The molecule has 2 heterocycles. The maximum absolute atomic E-state index is 12.2. The second kappa shape index (κ2) is 5.26. The molecule has 1 unspecified atom stereocenters. The van der Waals surface area contributed by atoms with E-state index in [1.54, 1.807) is 18.2 Å². The maximum atomic E-state index is 12.2. The number of amides is 2. The molecular formula is C15H13ClN2O2S. The van der Waals surface area contributed by atoms with Crippen LogP contribution in [0.3, 0.4) is 0 Å². The molecule has 1 aromatic carbocycles. The Hall–Kier alpha value is -1.69. The normalized spacial score (nSPS) is 16.0. The fourth-order valence-corrected chi connectivity index (χ4v) is 3.60. The van der Waals surface area contributed by atoms with E-state index in [1.807, 2.05) is 11.4 Å². The summed E-state index contributed by atoms with van der Waals surface area (Å²) in [6.07, 6.45) is 0.243. The van der Waals surface area contributed by atoms with Crippen LogP contribution in [0, 0.1) is 0 Å². The average molecular weight is 321 g/mol. The summed E-state index contributed by atoms with van der Waals surface area (Å²) in [5.41, 5.74) is 8.34. The van der Waals surface area contributed by atoms with E-state index < -0.39 is 0 Å². The molecule has 1 atom stereocenters. The summed E-state index contributed by atoms with van der Waals surface area (Å²) in [6.45, 7) is 0. The Morgan fingerprint density at radius 2 is 2.10 bits per heavy atom. The van der Waals surface area contributed by atoms with Gasteiger partial charge in [-0.1, -0.05) is 23.7 Å². The van der Waals surface area contributed by atoms with Gasteiger partial charge in [-0.25, -0.2) is 0 Å². The van der Waals surface area contributed by atoms with Crippen LogP contribution in [0.25, 0.3) is 0 Å². The number of halogens is 1. The summed E-state index contributed by atoms with van der Waals surface area (Å²) in [4.78, 5) is 25.9. The van der Waals surface area contributed by atoms with E-state index in [1.165, 1.54) is 18.4 Å². The molecule has 2 aromatic rings. The summed E-state index contributed by atoms with van der Waals surface area (Å²) < 4.78 is 0. The summed E-state index contributed by atoms with van der Waals surface area (Å²) in [6, 6.07) is 6.84. The largest absolute Gasteiger partial charge is 0.320 e. The van der Waals surface area contributed by atoms with E-state index in [-0.39, 0.29) is 24.3 Å². The third-order valence-electron chi connectivity index (χ3n) is 3.67. The second-order valence-corrected chi connectivity index (χ2v) is 6.32. The van der Waals surface area contributed by atoms with Crippen molar-refractivity contribution < 1.29 is 9.59 Å². The minimum absolute atomic E-state index is 0.189. The number of carbonyl (C=O) groups is 2. The first kappa shape index (κ1) is 14.3. The predicted molar refractivity (Wildman–Crippen MR) is 82.6 cm³/mol. The maximum Gasteiger partial charge on any atom is 0.260 e. The number of benzene rings is 1. The molecule has 0 spiro atoms. The molecule has 0 aliphatic carbocycles. The minimum atomic E-state index is -0.376. The number of fused-ring (bicyclic) bond motifs is 1. The van der Waals surface area contributed by atoms with Gasteiger partial charge in [0.15, 0.2) is 0 Å². The fraction of sp³-hybridized carbons (Fsp3) is 0.200. The average Bonchev–Trinajstić information content (AvgIpc) is 2.90. The molecule has 6 heteroatoms. The Morgan fingerprint density at radius 3 is 2.76 bits per heavy atom. The number of likely N-dealkylation sites (N-methyl/N-ethyl adjacent to an activating group) is 1. The number of rotatable bonds is 2. The predicted octanol–water partition coefficient (Wildman–Crippen LogP) is 2.60. The Morgan fingerprint density at radius 1 is 1.33 bits per heavy atom. The van der Waals surface area contributed by atoms with Crippen molar-refractivity contribution in [3.63, 3.8) is 0 Å². The lowest BCUT2D eigenvalue weighted by Gasteiger charge is -2.24. The van der Waals surface area contributed by atoms with Gasteiger partial charge >= 0.3 is 0 Å². The first-order valence-electron chi connectivity index (χ1n) is 6.41. The highest BCUT2D eigenvalue weighted by molar-refractivity contribution is 7.10. The molecule has 1 aromatic heterocycles. The third kappa shape index (κ3) is 2.37. The highest BCUT2D eigenvalue weighted by Gasteiger charge is 2.28. The molecule has 2 amide bonds. The van der Waals surface area contributed by atoms with Crippen LogP contribution >= 0.6 is 22.9 Å². The number of imide groups is 1. The molecule has 108 valence electrons. The van der Waals surface area contributed by atoms with Gasteiger partial charge < -0.3 is 5.73 Å². The third-order valence-corrected chi connectivity index (χ3v) is 5.11. The van der Waals surface area contributed by atoms with Crippen molar-refractivity contribution in [1.29, 1.82) is 0 Å². The molecule has 4 nitrogen and oxygen atoms in total. The van der Waals surface area contributed by atoms with Crippen molar-refractivity contribution >= 4 is 34.8 Å². The molecule has 0 bridgehead atoms. The lowest BCUT2D eigenvalue weighted by Crippen LogP contribution is -2.39. The second-order valence-electron chi connectivity index (χ2n) is 4.96. The molecule has 2 N–H and O–H groups in total. The van der Waals surface area contributed by atoms with Crippen LogP contribution in [-0.2, 0) is 11.2 Å². The zero-order chi connectivity index (χ0) is 15.1. The fourth-order valence-electron chi connectivity index (χ4n) is 2.39. The Bertz CT molecular complexity index is 741. The number of hydrogen-bond acceptors (Lipinski definition) is 4. The Kier molecular flexibility index (Phi) is 3.57. The lowest BCUT2D eigenvalue weighted by atomic mass is 9.94. The van der Waals surface area contributed by atoms with Crippen LogP contribution in [-0.4, -0.2) is 23.8 Å². The number of hydrogen-bond donors (Lipinski definition) is 1. The molecular weight excluding hydrogens is 308 g/mol. The standard InChI is InChI=1S/C15H13ClN2O2S/c1-18-12(19)7-8-2-3-9(6-10(8)15(18)20)13(17)14-11(16)4-5-21-14/h2-6,13H,7,17H2,1H3. The van der Waals surface area contributed by atoms with Gasteiger partial charge in [0.25, 0.3) is 5.91 Å². The van der Waals surface area contributed by atoms with Crippen molar-refractivity contribution in [3.8, 4) is 0 Å². The summed E-state index contributed by atoms with van der Waals surface area (Å²) in [5, 5.41) is 2.51. The SMILES string of the molecule is CN1C(=O)Cc2ccc(C(N)c3sccc3Cl)cc2C1=O. The number of nitrogens with two attached hydrogens (primary N) is 1. The monoisotopic (exact) mass is 320 g/mol. The van der Waals surface area contributed by atoms with Crippen LogP contribution in [0.5, 0.6) is 0 Å². The smallest absolute Gasteiger partial charge is 0.260 e. The van der Waals surface area contributed by atoms with Crippen LogP contribution in [0.15, 0.2) is 29.6 Å². The molecule has 0 radical (unpaired) electrons. The van der Waals surface area contributed by atoms with Crippen LogP contribution in [0.1, 0.15) is 32.4 Å². The number of thiophene rings is 1. The van der Waals surface area contributed by atoms with Crippen molar-refractivity contribution in [2.45, 2.75) is 12.5 Å². The van der Waals surface area contributed by atoms with Crippen molar-refractivity contribution in [2.75, 3.05) is 7.05 Å². The van der Waals surface area contributed by atoms with Gasteiger partial charge in [-0.3, -0.25) is 14.5 Å².